The van der Waals surface area contributed by atoms with Crippen LogP contribution in [0.3, 0.4) is 0 Å². The van der Waals surface area contributed by atoms with Crippen molar-refractivity contribution in [2.45, 2.75) is 39.2 Å². The molecule has 1 aromatic heterocycles. The van der Waals surface area contributed by atoms with E-state index in [0.29, 0.717) is 5.82 Å². The highest BCUT2D eigenvalue weighted by Crippen LogP contribution is 2.24. The first-order valence-electron chi connectivity index (χ1n) is 7.06. The van der Waals surface area contributed by atoms with E-state index in [1.165, 1.54) is 0 Å². The number of hydrogen-bond acceptors (Lipinski definition) is 5. The highest BCUT2D eigenvalue weighted by atomic mass is 16.3. The molecule has 0 unspecified atom stereocenters. The predicted octanol–water partition coefficient (Wildman–Crippen LogP) is 2.48. The number of nitrogens with two attached hydrogens (primary N) is 1. The van der Waals surface area contributed by atoms with E-state index in [2.05, 4.69) is 22.2 Å². The largest absolute Gasteiger partial charge is 0.394 e. The van der Waals surface area contributed by atoms with Crippen molar-refractivity contribution in [3.05, 3.63) is 23.8 Å². The number of fused-ring (bicyclic) bond motifs is 1. The summed E-state index contributed by atoms with van der Waals surface area (Å²) in [6.07, 6.45) is 3.07. The Morgan fingerprint density at radius 1 is 1.35 bits per heavy atom. The fourth-order valence-electron chi connectivity index (χ4n) is 2.28. The van der Waals surface area contributed by atoms with E-state index in [1.54, 1.807) is 0 Å². The molecule has 0 saturated heterocycles. The van der Waals surface area contributed by atoms with Gasteiger partial charge in [0.05, 0.1) is 18.2 Å². The number of rotatable bonds is 6. The molecular formula is C15H22N4O. The summed E-state index contributed by atoms with van der Waals surface area (Å²) >= 11 is 0. The van der Waals surface area contributed by atoms with Gasteiger partial charge in [-0.25, -0.2) is 4.98 Å². The molecule has 0 aliphatic rings. The first-order valence-corrected chi connectivity index (χ1v) is 7.06. The number of aryl methyl sites for hydroxylation is 1. The second kappa shape index (κ2) is 6.52. The zero-order valence-corrected chi connectivity index (χ0v) is 12.1. The number of para-hydroxylation sites is 1. The van der Waals surface area contributed by atoms with E-state index in [-0.39, 0.29) is 18.6 Å². The number of unbranched alkanes of at least 4 members (excludes halogenated alkanes) is 1. The maximum absolute atomic E-state index is 9.47. The molecule has 5 heteroatoms. The number of aliphatic hydroxyl groups is 1. The van der Waals surface area contributed by atoms with E-state index < -0.39 is 0 Å². The van der Waals surface area contributed by atoms with Gasteiger partial charge in [-0.2, -0.15) is 4.98 Å². The van der Waals surface area contributed by atoms with Crippen LogP contribution in [0.4, 0.5) is 11.8 Å². The van der Waals surface area contributed by atoms with Crippen LogP contribution in [0.2, 0.25) is 0 Å². The molecule has 0 saturated carbocycles. The van der Waals surface area contributed by atoms with Crippen molar-refractivity contribution >= 4 is 22.7 Å². The number of benzene rings is 1. The van der Waals surface area contributed by atoms with Crippen molar-refractivity contribution in [1.82, 2.24) is 9.97 Å². The van der Waals surface area contributed by atoms with Gasteiger partial charge in [0.2, 0.25) is 5.95 Å². The molecule has 0 aliphatic heterocycles. The fourth-order valence-corrected chi connectivity index (χ4v) is 2.28. The molecular weight excluding hydrogens is 252 g/mol. The first-order chi connectivity index (χ1) is 9.65. The van der Waals surface area contributed by atoms with Crippen LogP contribution in [0.1, 0.15) is 31.7 Å². The van der Waals surface area contributed by atoms with Gasteiger partial charge in [-0.15, -0.1) is 0 Å². The third-order valence-corrected chi connectivity index (χ3v) is 3.41. The lowest BCUT2D eigenvalue weighted by atomic mass is 10.1. The quantitative estimate of drug-likeness (QED) is 0.753. The van der Waals surface area contributed by atoms with E-state index in [4.69, 9.17) is 5.73 Å². The summed E-state index contributed by atoms with van der Waals surface area (Å²) in [6.45, 7) is 4.21. The molecule has 2 aromatic rings. The number of aromatic nitrogens is 2. The minimum atomic E-state index is -0.00652. The van der Waals surface area contributed by atoms with Crippen LogP contribution >= 0.6 is 0 Å². The average Bonchev–Trinajstić information content (AvgIpc) is 2.44. The lowest BCUT2D eigenvalue weighted by Gasteiger charge is -2.18. The van der Waals surface area contributed by atoms with Crippen molar-refractivity contribution in [2.24, 2.45) is 0 Å². The Kier molecular flexibility index (Phi) is 4.74. The molecule has 1 aromatic carbocycles. The van der Waals surface area contributed by atoms with Crippen LogP contribution in [0.5, 0.6) is 0 Å². The van der Waals surface area contributed by atoms with Crippen LogP contribution in [-0.2, 0) is 0 Å². The SMILES string of the molecule is CCCC[C@H](CO)Nc1nc(N)nc2c(C)cccc12. The van der Waals surface area contributed by atoms with E-state index in [9.17, 15) is 5.11 Å². The van der Waals surface area contributed by atoms with Crippen molar-refractivity contribution in [2.75, 3.05) is 17.7 Å². The Balaban J connectivity index is 2.35. The number of nitrogen functional groups attached to an aromatic ring is 1. The molecule has 0 spiro atoms. The molecule has 0 fully saturated rings. The molecule has 1 atom stereocenters. The molecule has 5 nitrogen and oxygen atoms in total. The summed E-state index contributed by atoms with van der Waals surface area (Å²) in [6, 6.07) is 5.94. The summed E-state index contributed by atoms with van der Waals surface area (Å²) < 4.78 is 0. The topological polar surface area (TPSA) is 84.1 Å². The molecule has 4 N–H and O–H groups in total. The lowest BCUT2D eigenvalue weighted by molar-refractivity contribution is 0.267. The van der Waals surface area contributed by atoms with Crippen molar-refractivity contribution in [3.8, 4) is 0 Å². The summed E-state index contributed by atoms with van der Waals surface area (Å²) in [5.74, 6) is 0.952. The third-order valence-electron chi connectivity index (χ3n) is 3.41. The minimum Gasteiger partial charge on any atom is -0.394 e. The number of nitrogens with zero attached hydrogens (tertiary/aromatic N) is 2. The van der Waals surface area contributed by atoms with Crippen molar-refractivity contribution < 1.29 is 5.11 Å². The van der Waals surface area contributed by atoms with Gasteiger partial charge in [0.1, 0.15) is 5.82 Å². The van der Waals surface area contributed by atoms with Gasteiger partial charge >= 0.3 is 0 Å². The highest BCUT2D eigenvalue weighted by molar-refractivity contribution is 5.92. The summed E-state index contributed by atoms with van der Waals surface area (Å²) in [5, 5.41) is 13.7. The molecule has 0 radical (unpaired) electrons. The van der Waals surface area contributed by atoms with Crippen LogP contribution < -0.4 is 11.1 Å². The van der Waals surface area contributed by atoms with Gasteiger partial charge < -0.3 is 16.2 Å². The van der Waals surface area contributed by atoms with Gasteiger partial charge in [-0.05, 0) is 25.0 Å². The summed E-state index contributed by atoms with van der Waals surface area (Å²) in [4.78, 5) is 8.58. The van der Waals surface area contributed by atoms with Crippen LogP contribution in [0, 0.1) is 6.92 Å². The lowest BCUT2D eigenvalue weighted by Crippen LogP contribution is -2.24. The van der Waals surface area contributed by atoms with Crippen LogP contribution in [0.15, 0.2) is 18.2 Å². The summed E-state index contributed by atoms with van der Waals surface area (Å²) in [5.41, 5.74) is 7.71. The van der Waals surface area contributed by atoms with Gasteiger partial charge in [0.25, 0.3) is 0 Å². The number of anilines is 2. The monoisotopic (exact) mass is 274 g/mol. The molecule has 0 bridgehead atoms. The zero-order valence-electron chi connectivity index (χ0n) is 12.1. The molecule has 1 heterocycles. The van der Waals surface area contributed by atoms with E-state index in [1.807, 2.05) is 25.1 Å². The number of aliphatic hydroxyl groups excluding tert-OH is 1. The maximum Gasteiger partial charge on any atom is 0.222 e. The van der Waals surface area contributed by atoms with Crippen LogP contribution in [-0.4, -0.2) is 27.7 Å². The Hall–Kier alpha value is -1.88. The Morgan fingerprint density at radius 2 is 2.15 bits per heavy atom. The number of nitrogens with one attached hydrogen (secondary N) is 1. The Bertz CT molecular complexity index is 585. The molecule has 20 heavy (non-hydrogen) atoms. The zero-order chi connectivity index (χ0) is 14.5. The highest BCUT2D eigenvalue weighted by Gasteiger charge is 2.12. The second-order valence-corrected chi connectivity index (χ2v) is 5.07. The Morgan fingerprint density at radius 3 is 2.85 bits per heavy atom. The van der Waals surface area contributed by atoms with Crippen molar-refractivity contribution in [1.29, 1.82) is 0 Å². The predicted molar refractivity (Wildman–Crippen MR) is 82.7 cm³/mol. The second-order valence-electron chi connectivity index (χ2n) is 5.07. The van der Waals surface area contributed by atoms with E-state index >= 15 is 0 Å². The van der Waals surface area contributed by atoms with Crippen LogP contribution in [0.25, 0.3) is 10.9 Å². The maximum atomic E-state index is 9.47. The minimum absolute atomic E-state index is 0.00652. The molecule has 0 amide bonds. The van der Waals surface area contributed by atoms with Crippen molar-refractivity contribution in [3.63, 3.8) is 0 Å². The normalized spacial score (nSPS) is 12.6. The van der Waals surface area contributed by atoms with Gasteiger partial charge in [-0.1, -0.05) is 31.9 Å². The molecule has 2 rings (SSSR count). The third kappa shape index (κ3) is 3.17. The Labute approximate surface area is 119 Å². The molecule has 0 aliphatic carbocycles. The van der Waals surface area contributed by atoms with Gasteiger partial charge in [0.15, 0.2) is 0 Å². The van der Waals surface area contributed by atoms with Gasteiger partial charge in [0, 0.05) is 5.39 Å². The summed E-state index contributed by atoms with van der Waals surface area (Å²) in [7, 11) is 0. The fraction of sp³-hybridized carbons (Fsp3) is 0.467. The number of hydrogen-bond donors (Lipinski definition) is 3. The smallest absolute Gasteiger partial charge is 0.222 e. The van der Waals surface area contributed by atoms with Gasteiger partial charge in [-0.3, -0.25) is 0 Å². The first kappa shape index (κ1) is 14.5. The average molecular weight is 274 g/mol. The standard InChI is InChI=1S/C15H22N4O/c1-3-4-7-11(9-20)17-14-12-8-5-6-10(2)13(12)18-15(16)19-14/h5-6,8,11,20H,3-4,7,9H2,1-2H3,(H3,16,17,18,19)/t11-/m1/s1. The molecule has 108 valence electrons. The van der Waals surface area contributed by atoms with E-state index in [0.717, 1.165) is 35.7 Å².